The van der Waals surface area contributed by atoms with Gasteiger partial charge in [-0.05, 0) is 20.3 Å². The van der Waals surface area contributed by atoms with Crippen molar-refractivity contribution < 1.29 is 56.5 Å². The first-order valence-electron chi connectivity index (χ1n) is 10.6. The molecular weight excluding hydrogens is 463 g/mol. The van der Waals surface area contributed by atoms with Gasteiger partial charge in [-0.3, -0.25) is 23.7 Å². The summed E-state index contributed by atoms with van der Waals surface area (Å²) in [5.41, 5.74) is 0. The fraction of sp³-hybridized carbons (Fsp3) is 0.800. The highest BCUT2D eigenvalue weighted by molar-refractivity contribution is 7.53. The Kier molecular flexibility index (Phi) is 12.0. The van der Waals surface area contributed by atoms with Crippen molar-refractivity contribution in [2.45, 2.75) is 78.5 Å². The molecule has 0 bridgehead atoms. The average molecular weight is 496 g/mol. The molecular formula is C20H33O12P. The fourth-order valence-electron chi connectivity index (χ4n) is 3.40. The van der Waals surface area contributed by atoms with Gasteiger partial charge >= 0.3 is 31.5 Å². The maximum absolute atomic E-state index is 12.9. The van der Waals surface area contributed by atoms with Crippen LogP contribution in [0.15, 0.2) is 0 Å². The zero-order valence-corrected chi connectivity index (χ0v) is 20.7. The van der Waals surface area contributed by atoms with Crippen LogP contribution in [0.2, 0.25) is 0 Å². The Morgan fingerprint density at radius 3 is 1.61 bits per heavy atom. The molecule has 5 atom stereocenters. The number of ether oxygens (including phenoxy) is 5. The predicted molar refractivity (Wildman–Crippen MR) is 112 cm³/mol. The minimum atomic E-state index is -3.48. The molecule has 33 heavy (non-hydrogen) atoms. The molecule has 0 saturated carbocycles. The molecule has 0 unspecified atom stereocenters. The molecule has 190 valence electrons. The second-order valence-electron chi connectivity index (χ2n) is 7.20. The summed E-state index contributed by atoms with van der Waals surface area (Å²) < 4.78 is 50.6. The van der Waals surface area contributed by atoms with E-state index >= 15 is 0 Å². The Morgan fingerprint density at radius 1 is 0.727 bits per heavy atom. The number of rotatable bonds is 12. The highest BCUT2D eigenvalue weighted by Crippen LogP contribution is 2.49. The lowest BCUT2D eigenvalue weighted by atomic mass is 9.93. The quantitative estimate of drug-likeness (QED) is 0.220. The zero-order chi connectivity index (χ0) is 25.2. The van der Waals surface area contributed by atoms with Crippen molar-refractivity contribution in [3.63, 3.8) is 0 Å². The van der Waals surface area contributed by atoms with E-state index in [9.17, 15) is 23.7 Å². The smallest absolute Gasteiger partial charge is 0.330 e. The zero-order valence-electron chi connectivity index (χ0n) is 19.8. The van der Waals surface area contributed by atoms with Gasteiger partial charge in [-0.1, -0.05) is 0 Å². The van der Waals surface area contributed by atoms with Gasteiger partial charge in [-0.15, -0.1) is 0 Å². The summed E-state index contributed by atoms with van der Waals surface area (Å²) in [7, 11) is -3.48. The van der Waals surface area contributed by atoms with E-state index in [1.165, 1.54) is 6.92 Å². The average Bonchev–Trinajstić information content (AvgIpc) is 2.68. The lowest BCUT2D eigenvalue weighted by molar-refractivity contribution is -0.252. The van der Waals surface area contributed by atoms with Gasteiger partial charge in [-0.2, -0.15) is 0 Å². The third-order valence-corrected chi connectivity index (χ3v) is 6.54. The predicted octanol–water partition coefficient (Wildman–Crippen LogP) is 1.77. The summed E-state index contributed by atoms with van der Waals surface area (Å²) in [5.74, 6) is -2.76. The molecule has 0 radical (unpaired) electrons. The summed E-state index contributed by atoms with van der Waals surface area (Å²) in [5, 5.41) is 0. The molecule has 1 aliphatic rings. The second-order valence-corrected chi connectivity index (χ2v) is 9.38. The SMILES string of the molecule is CCOP(=O)(CC[C@H]1O[C@H](COC(C)=O)[C@H](OC(C)=O)[C@H](OC(C)=O)[C@@H]1OC(C)=O)OCC. The van der Waals surface area contributed by atoms with Gasteiger partial charge in [0, 0.05) is 27.7 Å². The number of carbonyl (C=O) groups is 4. The topological polar surface area (TPSA) is 150 Å². The first kappa shape index (κ1) is 29.0. The second kappa shape index (κ2) is 13.6. The van der Waals surface area contributed by atoms with Crippen LogP contribution in [0.5, 0.6) is 0 Å². The van der Waals surface area contributed by atoms with Crippen LogP contribution in [-0.4, -0.2) is 80.4 Å². The molecule has 0 aliphatic carbocycles. The van der Waals surface area contributed by atoms with Gasteiger partial charge in [0.15, 0.2) is 18.3 Å². The molecule has 13 heteroatoms. The van der Waals surface area contributed by atoms with Crippen LogP contribution in [-0.2, 0) is 56.5 Å². The third kappa shape index (κ3) is 9.79. The van der Waals surface area contributed by atoms with Crippen LogP contribution in [0.3, 0.4) is 0 Å². The highest BCUT2D eigenvalue weighted by atomic mass is 31.2. The van der Waals surface area contributed by atoms with E-state index in [4.69, 9.17) is 32.7 Å². The van der Waals surface area contributed by atoms with E-state index in [0.717, 1.165) is 20.8 Å². The summed E-state index contributed by atoms with van der Waals surface area (Å²) in [6.07, 6.45) is -5.83. The van der Waals surface area contributed by atoms with Crippen molar-refractivity contribution in [3.8, 4) is 0 Å². The van der Waals surface area contributed by atoms with Crippen molar-refractivity contribution in [3.05, 3.63) is 0 Å². The van der Waals surface area contributed by atoms with E-state index in [0.29, 0.717) is 0 Å². The van der Waals surface area contributed by atoms with Crippen molar-refractivity contribution in [2.24, 2.45) is 0 Å². The molecule has 1 heterocycles. The standard InChI is InChI=1S/C20H33O12P/c1-7-27-33(25,28-8-2)10-9-16-18(29-13(4)22)20(31-15(6)24)19(30-14(5)23)17(32-16)11-26-12(3)21/h16-20H,7-11H2,1-6H3/t16-,17-,18-,19+,20-/m1/s1. The lowest BCUT2D eigenvalue weighted by Gasteiger charge is -2.44. The summed E-state index contributed by atoms with van der Waals surface area (Å²) in [6.45, 7) is 7.92. The summed E-state index contributed by atoms with van der Waals surface area (Å²) >= 11 is 0. The van der Waals surface area contributed by atoms with E-state index in [1.807, 2.05) is 0 Å². The van der Waals surface area contributed by atoms with Gasteiger partial charge in [0.2, 0.25) is 0 Å². The summed E-state index contributed by atoms with van der Waals surface area (Å²) in [4.78, 5) is 46.7. The third-order valence-electron chi connectivity index (χ3n) is 4.43. The monoisotopic (exact) mass is 496 g/mol. The number of hydrogen-bond donors (Lipinski definition) is 0. The van der Waals surface area contributed by atoms with Crippen LogP contribution in [0.4, 0.5) is 0 Å². The van der Waals surface area contributed by atoms with Crippen LogP contribution in [0, 0.1) is 0 Å². The molecule has 1 fully saturated rings. The molecule has 1 rings (SSSR count). The molecule has 0 N–H and O–H groups in total. The van der Waals surface area contributed by atoms with Gasteiger partial charge in [0.05, 0.1) is 25.5 Å². The molecule has 12 nitrogen and oxygen atoms in total. The van der Waals surface area contributed by atoms with Crippen molar-refractivity contribution in [1.29, 1.82) is 0 Å². The Balaban J connectivity index is 3.32. The van der Waals surface area contributed by atoms with E-state index in [2.05, 4.69) is 0 Å². The summed E-state index contributed by atoms with van der Waals surface area (Å²) in [6, 6.07) is 0. The minimum Gasteiger partial charge on any atom is -0.463 e. The fourth-order valence-corrected chi connectivity index (χ4v) is 5.09. The molecule has 0 amide bonds. The largest absolute Gasteiger partial charge is 0.463 e. The molecule has 0 spiro atoms. The van der Waals surface area contributed by atoms with Crippen molar-refractivity contribution in [2.75, 3.05) is 26.0 Å². The van der Waals surface area contributed by atoms with E-state index in [1.54, 1.807) is 13.8 Å². The van der Waals surface area contributed by atoms with E-state index < -0.39 is 62.0 Å². The van der Waals surface area contributed by atoms with Gasteiger partial charge in [-0.25, -0.2) is 0 Å². The number of esters is 4. The van der Waals surface area contributed by atoms with Crippen LogP contribution < -0.4 is 0 Å². The molecule has 0 aromatic heterocycles. The van der Waals surface area contributed by atoms with E-state index in [-0.39, 0.29) is 32.4 Å². The van der Waals surface area contributed by atoms with Crippen molar-refractivity contribution in [1.82, 2.24) is 0 Å². The van der Waals surface area contributed by atoms with Crippen molar-refractivity contribution >= 4 is 31.5 Å². The van der Waals surface area contributed by atoms with Gasteiger partial charge < -0.3 is 32.7 Å². The highest BCUT2D eigenvalue weighted by Gasteiger charge is 2.52. The molecule has 0 aromatic rings. The van der Waals surface area contributed by atoms with Crippen LogP contribution >= 0.6 is 7.60 Å². The number of hydrogen-bond acceptors (Lipinski definition) is 12. The number of carbonyl (C=O) groups excluding carboxylic acids is 4. The Hall–Kier alpha value is -2.01. The maximum Gasteiger partial charge on any atom is 0.330 e. The van der Waals surface area contributed by atoms with Gasteiger partial charge in [0.1, 0.15) is 12.7 Å². The molecule has 1 saturated heterocycles. The Morgan fingerprint density at radius 2 is 1.18 bits per heavy atom. The maximum atomic E-state index is 12.9. The first-order valence-corrected chi connectivity index (χ1v) is 12.3. The van der Waals surface area contributed by atoms with Gasteiger partial charge in [0.25, 0.3) is 0 Å². The first-order chi connectivity index (χ1) is 15.4. The minimum absolute atomic E-state index is 0.0103. The molecule has 1 aliphatic heterocycles. The van der Waals surface area contributed by atoms with Crippen LogP contribution in [0.25, 0.3) is 0 Å². The van der Waals surface area contributed by atoms with Crippen LogP contribution in [0.1, 0.15) is 48.0 Å². The normalized spacial score (nSPS) is 25.1. The Bertz CT molecular complexity index is 729. The lowest BCUT2D eigenvalue weighted by Crippen LogP contribution is -2.62. The Labute approximate surface area is 193 Å². The molecule has 0 aromatic carbocycles.